The van der Waals surface area contributed by atoms with Crippen molar-refractivity contribution in [1.29, 1.82) is 0 Å². The molecule has 1 saturated heterocycles. The van der Waals surface area contributed by atoms with Crippen molar-refractivity contribution in [2.24, 2.45) is 0 Å². The number of esters is 3. The van der Waals surface area contributed by atoms with E-state index < -0.39 is 47.1 Å². The molecular weight excluding hydrogens is 392 g/mol. The van der Waals surface area contributed by atoms with Gasteiger partial charge < -0.3 is 18.9 Å². The molecule has 1 aliphatic heterocycles. The number of hydrogen-bond donors (Lipinski definition) is 2. The molecule has 0 saturated carbocycles. The minimum Gasteiger partial charge on any atom is -0.463 e. The van der Waals surface area contributed by atoms with E-state index in [9.17, 15) is 24.0 Å². The number of rotatable bonds is 5. The maximum absolute atomic E-state index is 12.0. The van der Waals surface area contributed by atoms with Crippen LogP contribution in [0, 0.1) is 0 Å². The Kier molecular flexibility index (Phi) is 5.24. The van der Waals surface area contributed by atoms with Crippen molar-refractivity contribution in [2.75, 3.05) is 13.2 Å². The summed E-state index contributed by atoms with van der Waals surface area (Å²) in [6.45, 7) is 2.82. The lowest BCUT2D eigenvalue weighted by molar-refractivity contribution is -0.196. The third-order valence-electron chi connectivity index (χ3n) is 4.20. The van der Waals surface area contributed by atoms with Crippen LogP contribution in [0.3, 0.4) is 0 Å². The number of carbonyl (C=O) groups is 3. The Bertz CT molecular complexity index is 1080. The Labute approximate surface area is 161 Å². The van der Waals surface area contributed by atoms with E-state index >= 15 is 0 Å². The summed E-state index contributed by atoms with van der Waals surface area (Å²) in [6, 6.07) is 0. The van der Waals surface area contributed by atoms with Crippen LogP contribution in [-0.4, -0.2) is 62.8 Å². The van der Waals surface area contributed by atoms with Crippen LogP contribution >= 0.6 is 0 Å². The number of H-pyrrole nitrogens is 2. The fourth-order valence-corrected chi connectivity index (χ4v) is 3.18. The molecule has 3 heterocycles. The SMILES string of the molecule is CC(=O)OC[C@H]1OC[C@@](OC(C)=O)(n2cnc3c(=O)[nH]c(=O)[nH]c32)[C@H]1OC(C)=O. The van der Waals surface area contributed by atoms with Gasteiger partial charge in [-0.3, -0.25) is 33.7 Å². The molecule has 156 valence electrons. The molecule has 13 nitrogen and oxygen atoms in total. The smallest absolute Gasteiger partial charge is 0.327 e. The predicted molar refractivity (Wildman–Crippen MR) is 92.6 cm³/mol. The highest BCUT2D eigenvalue weighted by Gasteiger charge is 2.58. The zero-order chi connectivity index (χ0) is 21.3. The van der Waals surface area contributed by atoms with Gasteiger partial charge in [0.05, 0.1) is 0 Å². The van der Waals surface area contributed by atoms with Crippen molar-refractivity contribution in [2.45, 2.75) is 38.7 Å². The molecule has 0 radical (unpaired) electrons. The van der Waals surface area contributed by atoms with Crippen LogP contribution in [0.25, 0.3) is 11.2 Å². The van der Waals surface area contributed by atoms with Gasteiger partial charge in [0, 0.05) is 20.8 Å². The molecule has 29 heavy (non-hydrogen) atoms. The molecule has 0 aliphatic carbocycles. The van der Waals surface area contributed by atoms with Crippen LogP contribution in [0.5, 0.6) is 0 Å². The van der Waals surface area contributed by atoms with E-state index in [0.29, 0.717) is 0 Å². The Morgan fingerprint density at radius 2 is 1.93 bits per heavy atom. The summed E-state index contributed by atoms with van der Waals surface area (Å²) >= 11 is 0. The monoisotopic (exact) mass is 410 g/mol. The quantitative estimate of drug-likeness (QED) is 0.437. The number of fused-ring (bicyclic) bond motifs is 1. The maximum atomic E-state index is 12.0. The van der Waals surface area contributed by atoms with Crippen LogP contribution in [-0.2, 0) is 39.1 Å². The van der Waals surface area contributed by atoms with E-state index in [1.807, 2.05) is 4.98 Å². The molecule has 0 bridgehead atoms. The highest BCUT2D eigenvalue weighted by Crippen LogP contribution is 2.37. The molecule has 13 heteroatoms. The van der Waals surface area contributed by atoms with E-state index in [2.05, 4.69) is 9.97 Å². The molecule has 0 amide bonds. The van der Waals surface area contributed by atoms with Gasteiger partial charge in [-0.25, -0.2) is 9.78 Å². The Morgan fingerprint density at radius 3 is 2.55 bits per heavy atom. The van der Waals surface area contributed by atoms with E-state index in [1.165, 1.54) is 11.5 Å². The molecule has 3 rings (SSSR count). The minimum absolute atomic E-state index is 0.0751. The van der Waals surface area contributed by atoms with Gasteiger partial charge in [-0.15, -0.1) is 0 Å². The van der Waals surface area contributed by atoms with Gasteiger partial charge in [0.1, 0.15) is 25.6 Å². The first-order chi connectivity index (χ1) is 13.6. The second-order valence-corrected chi connectivity index (χ2v) is 6.34. The topological polar surface area (TPSA) is 172 Å². The van der Waals surface area contributed by atoms with Gasteiger partial charge in [0.15, 0.2) is 17.3 Å². The largest absolute Gasteiger partial charge is 0.463 e. The van der Waals surface area contributed by atoms with Crippen LogP contribution in [0.15, 0.2) is 15.9 Å². The van der Waals surface area contributed by atoms with Crippen LogP contribution < -0.4 is 11.2 Å². The van der Waals surface area contributed by atoms with Gasteiger partial charge in [0.25, 0.3) is 11.3 Å². The van der Waals surface area contributed by atoms with Crippen LogP contribution in [0.1, 0.15) is 20.8 Å². The normalized spacial score (nSPS) is 23.7. The summed E-state index contributed by atoms with van der Waals surface area (Å²) < 4.78 is 22.6. The number of hydrogen-bond acceptors (Lipinski definition) is 10. The highest BCUT2D eigenvalue weighted by molar-refractivity contribution is 5.71. The van der Waals surface area contributed by atoms with Gasteiger partial charge >= 0.3 is 23.6 Å². The van der Waals surface area contributed by atoms with Crippen molar-refractivity contribution in [3.8, 4) is 0 Å². The molecule has 2 N–H and O–H groups in total. The number of aromatic amines is 2. The van der Waals surface area contributed by atoms with Gasteiger partial charge in [-0.05, 0) is 0 Å². The van der Waals surface area contributed by atoms with E-state index in [-0.39, 0.29) is 24.4 Å². The van der Waals surface area contributed by atoms with Crippen molar-refractivity contribution in [1.82, 2.24) is 19.5 Å². The van der Waals surface area contributed by atoms with Crippen molar-refractivity contribution >= 4 is 29.1 Å². The number of ether oxygens (including phenoxy) is 4. The standard InChI is InChI=1S/C16H18N4O9/c1-7(21)26-4-10-12(28-8(2)22)16(5-27-10,29-9(3)23)20-6-17-11-13(20)18-15(25)19-14(11)24/h6,10,12H,4-5H2,1-3H3,(H2,18,19,24,25)/t10-,12+,16+/m1/s1. The molecule has 1 aliphatic rings. The molecule has 0 unspecified atom stereocenters. The fraction of sp³-hybridized carbons (Fsp3) is 0.500. The molecule has 3 atom stereocenters. The summed E-state index contributed by atoms with van der Waals surface area (Å²) in [5.41, 5.74) is -3.61. The molecule has 1 fully saturated rings. The van der Waals surface area contributed by atoms with Gasteiger partial charge in [-0.1, -0.05) is 0 Å². The highest BCUT2D eigenvalue weighted by atomic mass is 16.7. The number of carbonyl (C=O) groups excluding carboxylic acids is 3. The first-order valence-corrected chi connectivity index (χ1v) is 8.46. The summed E-state index contributed by atoms with van der Waals surface area (Å²) in [5.74, 6) is -2.07. The third kappa shape index (κ3) is 3.76. The van der Waals surface area contributed by atoms with Crippen molar-refractivity contribution in [3.05, 3.63) is 27.2 Å². The lowest BCUT2D eigenvalue weighted by Crippen LogP contribution is -2.52. The zero-order valence-corrected chi connectivity index (χ0v) is 15.7. The fourth-order valence-electron chi connectivity index (χ4n) is 3.18. The van der Waals surface area contributed by atoms with E-state index in [0.717, 1.165) is 20.2 Å². The Morgan fingerprint density at radius 1 is 1.21 bits per heavy atom. The average Bonchev–Trinajstić information content (AvgIpc) is 3.15. The van der Waals surface area contributed by atoms with Crippen molar-refractivity contribution < 1.29 is 33.3 Å². The van der Waals surface area contributed by atoms with Gasteiger partial charge in [0.2, 0.25) is 0 Å². The van der Waals surface area contributed by atoms with Gasteiger partial charge in [-0.2, -0.15) is 0 Å². The summed E-state index contributed by atoms with van der Waals surface area (Å²) in [4.78, 5) is 67.0. The summed E-state index contributed by atoms with van der Waals surface area (Å²) in [6.07, 6.45) is -1.12. The van der Waals surface area contributed by atoms with Crippen LogP contribution in [0.2, 0.25) is 0 Å². The number of imidazole rings is 1. The second kappa shape index (κ2) is 7.50. The van der Waals surface area contributed by atoms with Crippen LogP contribution in [0.4, 0.5) is 0 Å². The summed E-state index contributed by atoms with van der Waals surface area (Å²) in [7, 11) is 0. The molecular formula is C16H18N4O9. The molecule has 0 aromatic carbocycles. The third-order valence-corrected chi connectivity index (χ3v) is 4.20. The first kappa shape index (κ1) is 20.3. The van der Waals surface area contributed by atoms with Crippen molar-refractivity contribution in [3.63, 3.8) is 0 Å². The predicted octanol–water partition coefficient (Wildman–Crippen LogP) is -1.48. The molecule has 2 aromatic rings. The lowest BCUT2D eigenvalue weighted by Gasteiger charge is -2.34. The zero-order valence-electron chi connectivity index (χ0n) is 15.7. The number of aromatic nitrogens is 4. The molecule has 0 spiro atoms. The number of nitrogens with one attached hydrogen (secondary N) is 2. The lowest BCUT2D eigenvalue weighted by atomic mass is 10.0. The Balaban J connectivity index is 2.18. The van der Waals surface area contributed by atoms with E-state index in [1.54, 1.807) is 0 Å². The Hall–Kier alpha value is -3.48. The summed E-state index contributed by atoms with van der Waals surface area (Å²) in [5, 5.41) is 0. The molecule has 2 aromatic heterocycles. The maximum Gasteiger partial charge on any atom is 0.327 e. The average molecular weight is 410 g/mol. The second-order valence-electron chi connectivity index (χ2n) is 6.34. The van der Waals surface area contributed by atoms with E-state index in [4.69, 9.17) is 18.9 Å². The first-order valence-electron chi connectivity index (χ1n) is 8.46. The minimum atomic E-state index is -1.81. The number of nitrogens with zero attached hydrogens (tertiary/aromatic N) is 2.